The fourth-order valence-electron chi connectivity index (χ4n) is 3.98. The van der Waals surface area contributed by atoms with Gasteiger partial charge in [0, 0.05) is 49.6 Å². The van der Waals surface area contributed by atoms with Gasteiger partial charge in [-0.1, -0.05) is 0 Å². The van der Waals surface area contributed by atoms with Gasteiger partial charge >= 0.3 is 0 Å². The van der Waals surface area contributed by atoms with Crippen LogP contribution in [0.25, 0.3) is 10.7 Å². The van der Waals surface area contributed by atoms with Crippen molar-refractivity contribution in [2.75, 3.05) is 19.6 Å². The molecule has 2 aromatic heterocycles. The minimum Gasteiger partial charge on any atom is -0.341 e. The maximum atomic E-state index is 12.8. The summed E-state index contributed by atoms with van der Waals surface area (Å²) in [6.45, 7) is 3.67. The molecule has 28 heavy (non-hydrogen) atoms. The van der Waals surface area contributed by atoms with Gasteiger partial charge in [-0.15, -0.1) is 11.3 Å². The number of aromatic amines is 1. The molecule has 2 amide bonds. The summed E-state index contributed by atoms with van der Waals surface area (Å²) < 4.78 is 0. The first-order valence-corrected chi connectivity index (χ1v) is 10.5. The topological polar surface area (TPSA) is 99.3 Å². The number of nitrogens with zero attached hydrogens (tertiary/aromatic N) is 4. The lowest BCUT2D eigenvalue weighted by Gasteiger charge is -2.35. The number of carbonyl (C=O) groups excluding carboxylic acids is 2. The zero-order valence-electron chi connectivity index (χ0n) is 15.8. The second-order valence-corrected chi connectivity index (χ2v) is 8.21. The molecule has 2 saturated heterocycles. The molecule has 0 radical (unpaired) electrons. The van der Waals surface area contributed by atoms with E-state index in [-0.39, 0.29) is 23.3 Å². The van der Waals surface area contributed by atoms with Crippen molar-refractivity contribution < 1.29 is 9.59 Å². The van der Waals surface area contributed by atoms with Crippen LogP contribution in [0.15, 0.2) is 22.4 Å². The highest BCUT2D eigenvalue weighted by atomic mass is 32.1. The molecule has 0 spiro atoms. The van der Waals surface area contributed by atoms with Crippen LogP contribution in [0.1, 0.15) is 44.3 Å². The van der Waals surface area contributed by atoms with Gasteiger partial charge in [-0.25, -0.2) is 9.97 Å². The van der Waals surface area contributed by atoms with E-state index in [0.29, 0.717) is 37.6 Å². The molecule has 2 aromatic rings. The number of H-pyrrole nitrogens is 1. The molecule has 148 valence electrons. The molecule has 1 N–H and O–H groups in total. The zero-order valence-corrected chi connectivity index (χ0v) is 16.6. The monoisotopic (exact) mass is 401 g/mol. The molecule has 4 rings (SSSR count). The van der Waals surface area contributed by atoms with E-state index >= 15 is 0 Å². The molecule has 9 heteroatoms. The van der Waals surface area contributed by atoms with Crippen LogP contribution in [-0.2, 0) is 9.59 Å². The molecule has 0 saturated carbocycles. The van der Waals surface area contributed by atoms with Gasteiger partial charge in [-0.3, -0.25) is 14.4 Å². The van der Waals surface area contributed by atoms with Gasteiger partial charge in [0.15, 0.2) is 0 Å². The minimum atomic E-state index is -0.405. The number of amides is 2. The molecule has 0 aliphatic carbocycles. The highest BCUT2D eigenvalue weighted by Gasteiger charge is 2.34. The van der Waals surface area contributed by atoms with Crippen molar-refractivity contribution in [3.05, 3.63) is 33.8 Å². The Bertz CT molecular complexity index is 918. The Morgan fingerprint density at radius 1 is 1.29 bits per heavy atom. The second-order valence-electron chi connectivity index (χ2n) is 7.32. The lowest BCUT2D eigenvalue weighted by Crippen LogP contribution is -2.49. The van der Waals surface area contributed by atoms with Crippen LogP contribution in [0.2, 0.25) is 0 Å². The predicted octanol–water partition coefficient (Wildman–Crippen LogP) is 1.61. The molecular weight excluding hydrogens is 378 g/mol. The molecule has 2 fully saturated rings. The number of nitrogens with one attached hydrogen (secondary N) is 1. The Hall–Kier alpha value is -2.55. The lowest BCUT2D eigenvalue weighted by molar-refractivity contribution is -0.143. The molecule has 2 aliphatic rings. The first-order valence-electron chi connectivity index (χ1n) is 9.62. The van der Waals surface area contributed by atoms with E-state index in [1.54, 1.807) is 11.1 Å². The summed E-state index contributed by atoms with van der Waals surface area (Å²) in [5, 5.41) is 2.58. The van der Waals surface area contributed by atoms with Crippen LogP contribution in [-0.4, -0.2) is 62.2 Å². The maximum absolute atomic E-state index is 12.8. The van der Waals surface area contributed by atoms with Gasteiger partial charge in [0.2, 0.25) is 11.8 Å². The third-order valence-electron chi connectivity index (χ3n) is 5.54. The molecule has 0 bridgehead atoms. The fraction of sp³-hybridized carbons (Fsp3) is 0.526. The van der Waals surface area contributed by atoms with Crippen LogP contribution in [0.5, 0.6) is 0 Å². The molecule has 8 nitrogen and oxygen atoms in total. The van der Waals surface area contributed by atoms with Crippen molar-refractivity contribution in [1.82, 2.24) is 24.8 Å². The van der Waals surface area contributed by atoms with Gasteiger partial charge in [0.25, 0.3) is 5.56 Å². The first kappa shape index (κ1) is 18.8. The summed E-state index contributed by atoms with van der Waals surface area (Å²) in [5.74, 6) is 0.830. The molecule has 4 heterocycles. The molecule has 0 aromatic carbocycles. The Morgan fingerprint density at radius 2 is 2.07 bits per heavy atom. The highest BCUT2D eigenvalue weighted by Crippen LogP contribution is 2.28. The van der Waals surface area contributed by atoms with Crippen molar-refractivity contribution in [3.63, 3.8) is 0 Å². The van der Waals surface area contributed by atoms with Crippen LogP contribution in [0.4, 0.5) is 0 Å². The van der Waals surface area contributed by atoms with Crippen molar-refractivity contribution in [2.24, 2.45) is 0 Å². The largest absolute Gasteiger partial charge is 0.341 e. The SMILES string of the molecule is CC(C(=O)N1CCC(c2nc(-c3nccs3)cc(=O)[nH]2)CC1)N1CCCC1=O. The Kier molecular flexibility index (Phi) is 5.25. The van der Waals surface area contributed by atoms with E-state index in [0.717, 1.165) is 24.3 Å². The Balaban J connectivity index is 1.42. The van der Waals surface area contributed by atoms with E-state index in [2.05, 4.69) is 15.0 Å². The molecule has 1 unspecified atom stereocenters. The maximum Gasteiger partial charge on any atom is 0.251 e. The summed E-state index contributed by atoms with van der Waals surface area (Å²) in [6, 6.07) is 1.06. The number of aromatic nitrogens is 3. The summed E-state index contributed by atoms with van der Waals surface area (Å²) in [5.41, 5.74) is 0.406. The Morgan fingerprint density at radius 3 is 2.71 bits per heavy atom. The predicted molar refractivity (Wildman–Crippen MR) is 105 cm³/mol. The first-order chi connectivity index (χ1) is 13.5. The van der Waals surface area contributed by atoms with E-state index in [1.807, 2.05) is 17.2 Å². The summed E-state index contributed by atoms with van der Waals surface area (Å²) in [4.78, 5) is 52.0. The average molecular weight is 401 g/mol. The molecule has 1 atom stereocenters. The molecular formula is C19H23N5O3S. The van der Waals surface area contributed by atoms with Crippen LogP contribution in [0, 0.1) is 0 Å². The van der Waals surface area contributed by atoms with Crippen LogP contribution >= 0.6 is 11.3 Å². The van der Waals surface area contributed by atoms with Crippen LogP contribution < -0.4 is 5.56 Å². The summed E-state index contributed by atoms with van der Waals surface area (Å²) >= 11 is 1.45. The number of rotatable bonds is 4. The van der Waals surface area contributed by atoms with E-state index in [1.165, 1.54) is 17.4 Å². The smallest absolute Gasteiger partial charge is 0.251 e. The number of hydrogen-bond acceptors (Lipinski definition) is 6. The quantitative estimate of drug-likeness (QED) is 0.839. The number of carbonyl (C=O) groups is 2. The van der Waals surface area contributed by atoms with Gasteiger partial charge in [0.1, 0.15) is 22.6 Å². The third kappa shape index (κ3) is 3.71. The van der Waals surface area contributed by atoms with Gasteiger partial charge in [-0.2, -0.15) is 0 Å². The van der Waals surface area contributed by atoms with Crippen molar-refractivity contribution in [1.29, 1.82) is 0 Å². The second kappa shape index (κ2) is 7.83. The minimum absolute atomic E-state index is 0.00619. The number of piperidine rings is 1. The van der Waals surface area contributed by atoms with Crippen LogP contribution in [0.3, 0.4) is 0 Å². The highest BCUT2D eigenvalue weighted by molar-refractivity contribution is 7.13. The van der Waals surface area contributed by atoms with E-state index in [9.17, 15) is 14.4 Å². The van der Waals surface area contributed by atoms with Gasteiger partial charge < -0.3 is 14.8 Å². The lowest BCUT2D eigenvalue weighted by atomic mass is 9.95. The number of likely N-dealkylation sites (tertiary alicyclic amines) is 2. The third-order valence-corrected chi connectivity index (χ3v) is 6.34. The zero-order chi connectivity index (χ0) is 19.7. The van der Waals surface area contributed by atoms with E-state index in [4.69, 9.17) is 0 Å². The van der Waals surface area contributed by atoms with Gasteiger partial charge in [0.05, 0.1) is 0 Å². The van der Waals surface area contributed by atoms with Crippen molar-refractivity contribution in [3.8, 4) is 10.7 Å². The standard InChI is InChI=1S/C19H23N5O3S/c1-12(24-7-2-3-16(24)26)19(27)23-8-4-13(5-9-23)17-21-14(11-15(25)22-17)18-20-6-10-28-18/h6,10-13H,2-5,7-9H2,1H3,(H,21,22,25). The number of thiazole rings is 1. The molecule has 2 aliphatic heterocycles. The van der Waals surface area contributed by atoms with Gasteiger partial charge in [-0.05, 0) is 26.2 Å². The summed E-state index contributed by atoms with van der Waals surface area (Å²) in [6.07, 6.45) is 4.52. The summed E-state index contributed by atoms with van der Waals surface area (Å²) in [7, 11) is 0. The van der Waals surface area contributed by atoms with Crippen molar-refractivity contribution in [2.45, 2.75) is 44.6 Å². The number of hydrogen-bond donors (Lipinski definition) is 1. The van der Waals surface area contributed by atoms with E-state index < -0.39 is 6.04 Å². The Labute approximate surface area is 166 Å². The van der Waals surface area contributed by atoms with Crippen molar-refractivity contribution >= 4 is 23.2 Å². The average Bonchev–Trinajstić information content (AvgIpc) is 3.38. The normalized spacial score (nSPS) is 19.2. The fourth-order valence-corrected chi connectivity index (χ4v) is 4.58.